The summed E-state index contributed by atoms with van der Waals surface area (Å²) in [5.74, 6) is 0. The molecule has 1 aromatic rings. The zero-order valence-electron chi connectivity index (χ0n) is 8.03. The van der Waals surface area contributed by atoms with Crippen LogP contribution >= 0.6 is 0 Å². The first-order valence-electron chi connectivity index (χ1n) is 3.52. The number of hydrogen-bond acceptors (Lipinski definition) is 2. The monoisotopic (exact) mass is 186 g/mol. The van der Waals surface area contributed by atoms with Crippen molar-refractivity contribution in [2.45, 2.75) is 6.92 Å². The third kappa shape index (κ3) is 2.92. The molecule has 66 valence electrons. The second kappa shape index (κ2) is 3.15. The highest BCUT2D eigenvalue weighted by Crippen LogP contribution is 2.10. The summed E-state index contributed by atoms with van der Waals surface area (Å²) in [5, 5.41) is 0. The van der Waals surface area contributed by atoms with Crippen LogP contribution in [0.1, 0.15) is 6.99 Å². The summed E-state index contributed by atoms with van der Waals surface area (Å²) < 4.78 is 24.0. The standard InChI is InChI=1S/C8H11NO2S/c1-7-4-3-5-8(6-7)9-12(2,10)11/h3-6,9H,1-2H3/p+1. The van der Waals surface area contributed by atoms with Gasteiger partial charge in [0.1, 0.15) is 0 Å². The molecule has 1 aromatic carbocycles. The summed E-state index contributed by atoms with van der Waals surface area (Å²) in [6.45, 7) is 1.91. The molecule has 12 heavy (non-hydrogen) atoms. The molecule has 0 aliphatic rings. The highest BCUT2D eigenvalue weighted by Gasteiger charge is 1.99. The molecule has 1 rings (SSSR count). The lowest BCUT2D eigenvalue weighted by atomic mass is 10.2. The lowest BCUT2D eigenvalue weighted by Gasteiger charge is -2.03. The van der Waals surface area contributed by atoms with Crippen LogP contribution in [0.25, 0.3) is 0 Å². The maximum Gasteiger partial charge on any atom is 1.00 e. The molecule has 4 heteroatoms. The molecule has 0 saturated carbocycles. The van der Waals surface area contributed by atoms with Crippen molar-refractivity contribution in [1.82, 2.24) is 0 Å². The third-order valence-electron chi connectivity index (χ3n) is 1.32. The summed E-state index contributed by atoms with van der Waals surface area (Å²) in [5.41, 5.74) is 1.64. The number of hydrogen-bond donors (Lipinski definition) is 1. The molecule has 0 bridgehead atoms. The van der Waals surface area contributed by atoms with Crippen LogP contribution < -0.4 is 4.72 Å². The number of sulfonamides is 1. The fourth-order valence-electron chi connectivity index (χ4n) is 0.923. The Morgan fingerprint density at radius 2 is 2.08 bits per heavy atom. The second-order valence-electron chi connectivity index (χ2n) is 2.74. The number of nitrogens with one attached hydrogen (secondary N) is 1. The largest absolute Gasteiger partial charge is 1.00 e. The van der Waals surface area contributed by atoms with Gasteiger partial charge in [-0.3, -0.25) is 4.72 Å². The number of aryl methyl sites for hydroxylation is 1. The average Bonchev–Trinajstić information content (AvgIpc) is 1.82. The Bertz CT molecular complexity index is 375. The maximum atomic E-state index is 10.8. The molecule has 1 N–H and O–H groups in total. The zero-order chi connectivity index (χ0) is 9.19. The van der Waals surface area contributed by atoms with Crippen molar-refractivity contribution in [2.24, 2.45) is 0 Å². The van der Waals surface area contributed by atoms with E-state index >= 15 is 0 Å². The molecular formula is C8H12NO2S+. The lowest BCUT2D eigenvalue weighted by molar-refractivity contribution is 0.607. The van der Waals surface area contributed by atoms with Gasteiger partial charge in [-0.25, -0.2) is 8.42 Å². The van der Waals surface area contributed by atoms with Gasteiger partial charge in [-0.15, -0.1) is 0 Å². The van der Waals surface area contributed by atoms with Crippen molar-refractivity contribution >= 4 is 15.7 Å². The highest BCUT2D eigenvalue weighted by molar-refractivity contribution is 7.92. The van der Waals surface area contributed by atoms with Gasteiger partial charge in [0.2, 0.25) is 10.0 Å². The van der Waals surface area contributed by atoms with Crippen LogP contribution in [0.15, 0.2) is 24.3 Å². The fraction of sp³-hybridized carbons (Fsp3) is 0.250. The van der Waals surface area contributed by atoms with E-state index in [2.05, 4.69) is 4.72 Å². The average molecular weight is 186 g/mol. The van der Waals surface area contributed by atoms with Gasteiger partial charge in [0.05, 0.1) is 6.26 Å². The maximum absolute atomic E-state index is 10.8. The minimum Gasteiger partial charge on any atom is -0.284 e. The quantitative estimate of drug-likeness (QED) is 0.760. The van der Waals surface area contributed by atoms with Crippen molar-refractivity contribution in [2.75, 3.05) is 11.0 Å². The van der Waals surface area contributed by atoms with Gasteiger partial charge >= 0.3 is 1.43 Å². The van der Waals surface area contributed by atoms with E-state index in [1.165, 1.54) is 0 Å². The molecular weight excluding hydrogens is 174 g/mol. The third-order valence-corrected chi connectivity index (χ3v) is 1.93. The fourth-order valence-corrected chi connectivity index (χ4v) is 1.48. The van der Waals surface area contributed by atoms with Gasteiger partial charge in [-0.05, 0) is 24.6 Å². The van der Waals surface area contributed by atoms with E-state index in [4.69, 9.17) is 0 Å². The van der Waals surface area contributed by atoms with Crippen molar-refractivity contribution in [3.05, 3.63) is 29.8 Å². The van der Waals surface area contributed by atoms with Gasteiger partial charge in [0, 0.05) is 5.69 Å². The molecule has 0 aliphatic carbocycles. The molecule has 0 atom stereocenters. The van der Waals surface area contributed by atoms with E-state index in [9.17, 15) is 8.42 Å². The van der Waals surface area contributed by atoms with Crippen molar-refractivity contribution in [3.8, 4) is 0 Å². The Balaban J connectivity index is 0.00000144. The summed E-state index contributed by atoms with van der Waals surface area (Å²) >= 11 is 0. The summed E-state index contributed by atoms with van der Waals surface area (Å²) in [6.07, 6.45) is 1.13. The number of benzene rings is 1. The smallest absolute Gasteiger partial charge is 0.284 e. The van der Waals surface area contributed by atoms with Crippen molar-refractivity contribution in [3.63, 3.8) is 0 Å². The molecule has 0 radical (unpaired) electrons. The van der Waals surface area contributed by atoms with Crippen LogP contribution in [0.3, 0.4) is 0 Å². The van der Waals surface area contributed by atoms with E-state index in [1.807, 2.05) is 19.1 Å². The van der Waals surface area contributed by atoms with E-state index in [0.29, 0.717) is 5.69 Å². The Labute approximate surface area is 74.0 Å². The topological polar surface area (TPSA) is 46.2 Å². The Morgan fingerprint density at radius 1 is 1.42 bits per heavy atom. The highest BCUT2D eigenvalue weighted by atomic mass is 32.2. The molecule has 0 unspecified atom stereocenters. The minimum absolute atomic E-state index is 0. The first-order valence-corrected chi connectivity index (χ1v) is 5.41. The van der Waals surface area contributed by atoms with Gasteiger partial charge in [-0.1, -0.05) is 12.1 Å². The van der Waals surface area contributed by atoms with Crippen molar-refractivity contribution < 1.29 is 9.84 Å². The molecule has 3 nitrogen and oxygen atoms in total. The predicted molar refractivity (Wildman–Crippen MR) is 50.8 cm³/mol. The minimum atomic E-state index is -3.14. The lowest BCUT2D eigenvalue weighted by Crippen LogP contribution is -2.09. The summed E-state index contributed by atoms with van der Waals surface area (Å²) in [7, 11) is -3.14. The molecule has 0 saturated heterocycles. The Hall–Kier alpha value is -1.03. The molecule has 0 aromatic heterocycles. The van der Waals surface area contributed by atoms with E-state index in [0.717, 1.165) is 11.8 Å². The molecule has 0 amide bonds. The zero-order valence-corrected chi connectivity index (χ0v) is 7.85. The van der Waals surface area contributed by atoms with E-state index in [1.54, 1.807) is 12.1 Å². The van der Waals surface area contributed by atoms with Crippen LogP contribution in [0.5, 0.6) is 0 Å². The van der Waals surface area contributed by atoms with E-state index in [-0.39, 0.29) is 1.43 Å². The SMILES string of the molecule is Cc1cccc(NS(C)(=O)=O)c1.[H+]. The Kier molecular flexibility index (Phi) is 2.38. The van der Waals surface area contributed by atoms with Crippen molar-refractivity contribution in [1.29, 1.82) is 0 Å². The first kappa shape index (κ1) is 9.06. The predicted octanol–water partition coefficient (Wildman–Crippen LogP) is 1.48. The number of rotatable bonds is 2. The van der Waals surface area contributed by atoms with Gasteiger partial charge in [-0.2, -0.15) is 0 Å². The summed E-state index contributed by atoms with van der Waals surface area (Å²) in [4.78, 5) is 0. The summed E-state index contributed by atoms with van der Waals surface area (Å²) in [6, 6.07) is 7.21. The van der Waals surface area contributed by atoms with Gasteiger partial charge < -0.3 is 0 Å². The molecule has 0 fully saturated rings. The van der Waals surface area contributed by atoms with Crippen LogP contribution in [0.2, 0.25) is 0 Å². The first-order chi connectivity index (χ1) is 5.47. The van der Waals surface area contributed by atoms with Crippen LogP contribution in [0, 0.1) is 6.92 Å². The number of anilines is 1. The van der Waals surface area contributed by atoms with Gasteiger partial charge in [0.25, 0.3) is 0 Å². The molecule has 0 aliphatic heterocycles. The molecule has 0 heterocycles. The Morgan fingerprint density at radius 3 is 2.58 bits per heavy atom. The van der Waals surface area contributed by atoms with Crippen LogP contribution in [-0.2, 0) is 10.0 Å². The normalized spacial score (nSPS) is 11.2. The van der Waals surface area contributed by atoms with Crippen LogP contribution in [0.4, 0.5) is 5.69 Å². The van der Waals surface area contributed by atoms with Gasteiger partial charge in [0.15, 0.2) is 0 Å². The second-order valence-corrected chi connectivity index (χ2v) is 4.49. The van der Waals surface area contributed by atoms with E-state index < -0.39 is 10.0 Å². The van der Waals surface area contributed by atoms with Crippen LogP contribution in [-0.4, -0.2) is 14.7 Å². The molecule has 0 spiro atoms.